The summed E-state index contributed by atoms with van der Waals surface area (Å²) < 4.78 is 6.60. The molecule has 1 aromatic heterocycles. The fourth-order valence-electron chi connectivity index (χ4n) is 2.14. The van der Waals surface area contributed by atoms with E-state index in [-0.39, 0.29) is 12.0 Å². The van der Waals surface area contributed by atoms with Crippen molar-refractivity contribution < 1.29 is 14.9 Å². The first kappa shape index (κ1) is 15.7. The summed E-state index contributed by atoms with van der Waals surface area (Å²) in [5.74, 6) is 2.22. The molecule has 0 unspecified atom stereocenters. The predicted molar refractivity (Wildman–Crippen MR) is 78.7 cm³/mol. The van der Waals surface area contributed by atoms with Gasteiger partial charge in [0.1, 0.15) is 12.3 Å². The smallest absolute Gasteiger partial charge is 0.330 e. The van der Waals surface area contributed by atoms with Gasteiger partial charge < -0.3 is 14.9 Å². The molecule has 3 atom stereocenters. The summed E-state index contributed by atoms with van der Waals surface area (Å²) in [6.45, 7) is -0.576. The van der Waals surface area contributed by atoms with Gasteiger partial charge in [0.2, 0.25) is 0 Å². The zero-order valence-corrected chi connectivity index (χ0v) is 12.4. The maximum Gasteiger partial charge on any atom is 0.330 e. The normalized spacial score (nSPS) is 28.9. The maximum atomic E-state index is 11.9. The summed E-state index contributed by atoms with van der Waals surface area (Å²) in [4.78, 5) is 27.1. The van der Waals surface area contributed by atoms with E-state index in [9.17, 15) is 19.8 Å². The van der Waals surface area contributed by atoms with Crippen molar-refractivity contribution in [1.82, 2.24) is 9.55 Å². The summed E-state index contributed by atoms with van der Waals surface area (Å²) in [5.41, 5.74) is -2.55. The van der Waals surface area contributed by atoms with Gasteiger partial charge in [-0.15, -0.1) is 6.42 Å². The molecule has 0 aliphatic carbocycles. The summed E-state index contributed by atoms with van der Waals surface area (Å²) in [6, 6.07) is 0. The van der Waals surface area contributed by atoms with Crippen molar-refractivity contribution in [2.75, 3.05) is 6.61 Å². The molecule has 2 rings (SSSR count). The zero-order valence-electron chi connectivity index (χ0n) is 10.8. The largest absolute Gasteiger partial charge is 0.392 e. The average molecular weight is 357 g/mol. The number of rotatable bonds is 3. The highest BCUT2D eigenvalue weighted by Crippen LogP contribution is 2.35. The highest BCUT2D eigenvalue weighted by Gasteiger charge is 2.47. The number of hydrogen-bond acceptors (Lipinski definition) is 5. The minimum atomic E-state index is -1.55. The molecule has 2 heterocycles. The molecule has 1 fully saturated rings. The number of aromatic nitrogens is 2. The maximum absolute atomic E-state index is 11.9. The Balaban J connectivity index is 2.45. The third kappa shape index (κ3) is 2.73. The minimum absolute atomic E-state index is 0.0220. The predicted octanol–water partition coefficient (Wildman–Crippen LogP) is -0.454. The lowest BCUT2D eigenvalue weighted by Crippen LogP contribution is -2.41. The van der Waals surface area contributed by atoms with E-state index in [1.54, 1.807) is 0 Å². The van der Waals surface area contributed by atoms with Crippen LogP contribution in [0.3, 0.4) is 0 Å². The summed E-state index contributed by atoms with van der Waals surface area (Å²) >= 11 is 3.05. The SMILES string of the molecule is C#C[C@]1(CO)O[C@@H](n2cc(/C=C/Br)c(=O)[nH]c2=O)C[C@@H]1O. The fourth-order valence-corrected chi connectivity index (χ4v) is 2.43. The van der Waals surface area contributed by atoms with E-state index in [2.05, 4.69) is 26.8 Å². The molecule has 0 radical (unpaired) electrons. The molecule has 0 amide bonds. The standard InChI is InChI=1S/C13H13BrN2O5/c1-2-13(7-17)9(18)5-10(21-13)16-6-8(3-4-14)11(19)15-12(16)20/h1,3-4,6,9-10,17-18H,5,7H2,(H,15,19,20)/b4-3+/t9-,10+,13+/m0/s1. The lowest BCUT2D eigenvalue weighted by Gasteiger charge is -2.23. The number of halogens is 1. The van der Waals surface area contributed by atoms with Gasteiger partial charge in [-0.3, -0.25) is 14.3 Å². The third-order valence-electron chi connectivity index (χ3n) is 3.34. The molecule has 0 spiro atoms. The molecule has 0 aromatic carbocycles. The lowest BCUT2D eigenvalue weighted by molar-refractivity contribution is -0.0912. The van der Waals surface area contributed by atoms with E-state index in [0.717, 1.165) is 4.57 Å². The van der Waals surface area contributed by atoms with Crippen LogP contribution in [0.5, 0.6) is 0 Å². The van der Waals surface area contributed by atoms with E-state index in [1.807, 2.05) is 0 Å². The number of H-pyrrole nitrogens is 1. The topological polar surface area (TPSA) is 105 Å². The van der Waals surface area contributed by atoms with Gasteiger partial charge in [0.15, 0.2) is 5.60 Å². The number of aliphatic hydroxyl groups excluding tert-OH is 2. The van der Waals surface area contributed by atoms with Crippen LogP contribution in [0.15, 0.2) is 20.8 Å². The van der Waals surface area contributed by atoms with Gasteiger partial charge in [-0.05, 0) is 11.1 Å². The summed E-state index contributed by atoms with van der Waals surface area (Å²) in [5, 5.41) is 19.3. The van der Waals surface area contributed by atoms with Crippen LogP contribution in [0, 0.1) is 12.3 Å². The zero-order chi connectivity index (χ0) is 15.6. The number of nitrogens with one attached hydrogen (secondary N) is 1. The Morgan fingerprint density at radius 2 is 2.38 bits per heavy atom. The van der Waals surface area contributed by atoms with Crippen LogP contribution in [0.25, 0.3) is 6.08 Å². The molecule has 112 valence electrons. The van der Waals surface area contributed by atoms with Crippen LogP contribution in [-0.2, 0) is 4.74 Å². The van der Waals surface area contributed by atoms with Crippen molar-refractivity contribution in [2.45, 2.75) is 24.4 Å². The van der Waals surface area contributed by atoms with E-state index >= 15 is 0 Å². The monoisotopic (exact) mass is 356 g/mol. The molecule has 1 aliphatic rings. The number of hydrogen-bond donors (Lipinski definition) is 3. The van der Waals surface area contributed by atoms with Crippen LogP contribution < -0.4 is 11.2 Å². The van der Waals surface area contributed by atoms with Gasteiger partial charge in [0.25, 0.3) is 5.56 Å². The Hall–Kier alpha value is -1.66. The van der Waals surface area contributed by atoms with Crippen LogP contribution >= 0.6 is 15.9 Å². The van der Waals surface area contributed by atoms with E-state index in [4.69, 9.17) is 11.2 Å². The van der Waals surface area contributed by atoms with Gasteiger partial charge in [0, 0.05) is 12.6 Å². The highest BCUT2D eigenvalue weighted by atomic mass is 79.9. The van der Waals surface area contributed by atoms with Crippen molar-refractivity contribution in [3.63, 3.8) is 0 Å². The first-order valence-electron chi connectivity index (χ1n) is 6.04. The lowest BCUT2D eigenvalue weighted by atomic mass is 9.99. The quantitative estimate of drug-likeness (QED) is 0.636. The Morgan fingerprint density at radius 3 is 2.90 bits per heavy atom. The molecule has 1 aromatic rings. The van der Waals surface area contributed by atoms with Crippen molar-refractivity contribution in [3.8, 4) is 12.3 Å². The summed E-state index contributed by atoms with van der Waals surface area (Å²) in [7, 11) is 0. The number of aromatic amines is 1. The number of terminal acetylenes is 1. The second-order valence-corrected chi connectivity index (χ2v) is 5.09. The molecule has 1 aliphatic heterocycles. The van der Waals surface area contributed by atoms with Gasteiger partial charge >= 0.3 is 5.69 Å². The molecule has 0 saturated carbocycles. The average Bonchev–Trinajstić information content (AvgIpc) is 2.79. The first-order valence-corrected chi connectivity index (χ1v) is 6.95. The molecule has 1 saturated heterocycles. The highest BCUT2D eigenvalue weighted by molar-refractivity contribution is 9.11. The molecule has 21 heavy (non-hydrogen) atoms. The number of ether oxygens (including phenoxy) is 1. The molecule has 3 N–H and O–H groups in total. The van der Waals surface area contributed by atoms with E-state index in [1.165, 1.54) is 17.3 Å². The Bertz CT molecular complexity index is 716. The van der Waals surface area contributed by atoms with Crippen molar-refractivity contribution in [1.29, 1.82) is 0 Å². The Labute approximate surface area is 128 Å². The van der Waals surface area contributed by atoms with Crippen molar-refractivity contribution in [2.24, 2.45) is 0 Å². The first-order chi connectivity index (χ1) is 9.97. The second kappa shape index (κ2) is 5.99. The number of aliphatic hydroxyl groups is 2. The Morgan fingerprint density at radius 1 is 1.67 bits per heavy atom. The van der Waals surface area contributed by atoms with Crippen molar-refractivity contribution >= 4 is 22.0 Å². The summed E-state index contributed by atoms with van der Waals surface area (Å²) in [6.07, 6.45) is 6.08. The van der Waals surface area contributed by atoms with Gasteiger partial charge in [-0.25, -0.2) is 4.79 Å². The molecule has 8 heteroatoms. The van der Waals surface area contributed by atoms with E-state index < -0.39 is 35.8 Å². The fraction of sp³-hybridized carbons (Fsp3) is 0.385. The Kier molecular flexibility index (Phi) is 4.49. The molecule has 0 bridgehead atoms. The van der Waals surface area contributed by atoms with Crippen LogP contribution in [0.4, 0.5) is 0 Å². The molecule has 7 nitrogen and oxygen atoms in total. The van der Waals surface area contributed by atoms with Crippen LogP contribution in [-0.4, -0.2) is 38.1 Å². The second-order valence-electron chi connectivity index (χ2n) is 4.56. The van der Waals surface area contributed by atoms with Crippen LogP contribution in [0.2, 0.25) is 0 Å². The molecular weight excluding hydrogens is 344 g/mol. The minimum Gasteiger partial charge on any atom is -0.392 e. The van der Waals surface area contributed by atoms with Crippen molar-refractivity contribution in [3.05, 3.63) is 37.6 Å². The third-order valence-corrected chi connectivity index (χ3v) is 3.60. The van der Waals surface area contributed by atoms with Gasteiger partial charge in [-0.2, -0.15) is 0 Å². The molecular formula is C13H13BrN2O5. The van der Waals surface area contributed by atoms with E-state index in [0.29, 0.717) is 0 Å². The van der Waals surface area contributed by atoms with Crippen LogP contribution in [0.1, 0.15) is 18.2 Å². The van der Waals surface area contributed by atoms with Gasteiger partial charge in [0.05, 0.1) is 12.2 Å². The van der Waals surface area contributed by atoms with Gasteiger partial charge in [-0.1, -0.05) is 21.9 Å². The number of nitrogens with zero attached hydrogens (tertiary/aromatic N) is 1.